The summed E-state index contributed by atoms with van der Waals surface area (Å²) in [4.78, 5) is 16.5. The first-order chi connectivity index (χ1) is 8.72. The topological polar surface area (TPSA) is 67.9 Å². The van der Waals surface area contributed by atoms with E-state index >= 15 is 0 Å². The van der Waals surface area contributed by atoms with E-state index in [-0.39, 0.29) is 11.9 Å². The number of nitrogens with one attached hydrogen (secondary N) is 1. The summed E-state index contributed by atoms with van der Waals surface area (Å²) in [6, 6.07) is 0. The lowest BCUT2D eigenvalue weighted by Gasteiger charge is -2.26. The van der Waals surface area contributed by atoms with Gasteiger partial charge in [0.1, 0.15) is 11.7 Å². The molecule has 5 heteroatoms. The highest BCUT2D eigenvalue weighted by Gasteiger charge is 2.34. The molecular formula is C13H21N3O2. The van der Waals surface area contributed by atoms with Gasteiger partial charge in [-0.3, -0.25) is 9.89 Å². The molecule has 1 aromatic heterocycles. The monoisotopic (exact) mass is 251 g/mol. The molecule has 0 radical (unpaired) electrons. The van der Waals surface area contributed by atoms with E-state index in [1.807, 2.05) is 13.8 Å². The van der Waals surface area contributed by atoms with Crippen LogP contribution < -0.4 is 0 Å². The summed E-state index contributed by atoms with van der Waals surface area (Å²) in [7, 11) is 0. The first kappa shape index (κ1) is 13.1. The SMILES string of the molecule is CCOC(=O)[C@H](c1n[nH]c(C)n1)C1CCCCC1. The molecule has 0 saturated heterocycles. The average Bonchev–Trinajstić information content (AvgIpc) is 2.78. The number of H-pyrrole nitrogens is 1. The third kappa shape index (κ3) is 2.89. The Morgan fingerprint density at radius 1 is 1.44 bits per heavy atom. The van der Waals surface area contributed by atoms with Crippen molar-refractivity contribution in [3.63, 3.8) is 0 Å². The Morgan fingerprint density at radius 2 is 2.17 bits per heavy atom. The summed E-state index contributed by atoms with van der Waals surface area (Å²) < 4.78 is 5.19. The van der Waals surface area contributed by atoms with Crippen LogP contribution in [0, 0.1) is 12.8 Å². The Labute approximate surface area is 107 Å². The van der Waals surface area contributed by atoms with Crippen molar-refractivity contribution in [3.8, 4) is 0 Å². The number of hydrogen-bond acceptors (Lipinski definition) is 4. The van der Waals surface area contributed by atoms with Gasteiger partial charge < -0.3 is 4.74 Å². The normalized spacial score (nSPS) is 18.6. The number of hydrogen-bond donors (Lipinski definition) is 1. The van der Waals surface area contributed by atoms with Crippen LogP contribution in [-0.2, 0) is 9.53 Å². The lowest BCUT2D eigenvalue weighted by atomic mass is 9.79. The van der Waals surface area contributed by atoms with Gasteiger partial charge in [-0.1, -0.05) is 19.3 Å². The van der Waals surface area contributed by atoms with Crippen molar-refractivity contribution >= 4 is 5.97 Å². The molecule has 1 fully saturated rings. The van der Waals surface area contributed by atoms with Crippen LogP contribution in [0.1, 0.15) is 56.6 Å². The van der Waals surface area contributed by atoms with Crippen molar-refractivity contribution in [2.75, 3.05) is 6.61 Å². The third-order valence-electron chi connectivity index (χ3n) is 3.55. The zero-order valence-corrected chi connectivity index (χ0v) is 11.1. The molecule has 0 aromatic carbocycles. The molecule has 1 saturated carbocycles. The summed E-state index contributed by atoms with van der Waals surface area (Å²) in [6.45, 7) is 4.09. The second-order valence-corrected chi connectivity index (χ2v) is 4.91. The maximum atomic E-state index is 12.1. The van der Waals surface area contributed by atoms with E-state index in [1.165, 1.54) is 19.3 Å². The Hall–Kier alpha value is -1.39. The number of ether oxygens (including phenoxy) is 1. The summed E-state index contributed by atoms with van der Waals surface area (Å²) in [5.74, 6) is 1.19. The van der Waals surface area contributed by atoms with Crippen molar-refractivity contribution < 1.29 is 9.53 Å². The molecule has 0 spiro atoms. The fourth-order valence-electron chi connectivity index (χ4n) is 2.71. The maximum absolute atomic E-state index is 12.1. The van der Waals surface area contributed by atoms with E-state index in [9.17, 15) is 4.79 Å². The molecule has 1 aromatic rings. The number of nitrogens with zero attached hydrogens (tertiary/aromatic N) is 2. The fraction of sp³-hybridized carbons (Fsp3) is 0.769. The second-order valence-electron chi connectivity index (χ2n) is 4.91. The fourth-order valence-corrected chi connectivity index (χ4v) is 2.71. The van der Waals surface area contributed by atoms with Gasteiger partial charge in [-0.25, -0.2) is 4.98 Å². The highest BCUT2D eigenvalue weighted by molar-refractivity contribution is 5.77. The van der Waals surface area contributed by atoms with Gasteiger partial charge in [-0.2, -0.15) is 5.10 Å². The molecule has 1 atom stereocenters. The Morgan fingerprint density at radius 3 is 2.72 bits per heavy atom. The number of esters is 1. The van der Waals surface area contributed by atoms with Crippen LogP contribution in [0.5, 0.6) is 0 Å². The quantitative estimate of drug-likeness (QED) is 0.834. The molecule has 2 rings (SSSR count). The smallest absolute Gasteiger partial charge is 0.317 e. The molecule has 1 N–H and O–H groups in total. The zero-order valence-electron chi connectivity index (χ0n) is 11.1. The number of aryl methyl sites for hydroxylation is 1. The number of rotatable bonds is 4. The van der Waals surface area contributed by atoms with Gasteiger partial charge in [-0.15, -0.1) is 0 Å². The van der Waals surface area contributed by atoms with Gasteiger partial charge in [0.15, 0.2) is 5.82 Å². The predicted molar refractivity (Wildman–Crippen MR) is 67.1 cm³/mol. The average molecular weight is 251 g/mol. The van der Waals surface area contributed by atoms with Crippen molar-refractivity contribution in [1.29, 1.82) is 0 Å². The first-order valence-corrected chi connectivity index (χ1v) is 6.78. The van der Waals surface area contributed by atoms with Gasteiger partial charge >= 0.3 is 5.97 Å². The minimum absolute atomic E-state index is 0.177. The van der Waals surface area contributed by atoms with Crippen LogP contribution in [0.2, 0.25) is 0 Å². The predicted octanol–water partition coefficient (Wildman–Crippen LogP) is 2.34. The minimum Gasteiger partial charge on any atom is -0.465 e. The lowest BCUT2D eigenvalue weighted by molar-refractivity contribution is -0.147. The largest absolute Gasteiger partial charge is 0.465 e. The van der Waals surface area contributed by atoms with Crippen molar-refractivity contribution in [2.45, 2.75) is 51.9 Å². The number of aromatic amines is 1. The van der Waals surface area contributed by atoms with Crippen LogP contribution in [-0.4, -0.2) is 27.8 Å². The molecule has 0 unspecified atom stereocenters. The Kier molecular flexibility index (Phi) is 4.33. The van der Waals surface area contributed by atoms with Crippen LogP contribution >= 0.6 is 0 Å². The van der Waals surface area contributed by atoms with Gasteiger partial charge in [0, 0.05) is 0 Å². The summed E-state index contributed by atoms with van der Waals surface area (Å²) in [5, 5.41) is 6.97. The zero-order chi connectivity index (χ0) is 13.0. The molecule has 0 amide bonds. The molecule has 0 bridgehead atoms. The first-order valence-electron chi connectivity index (χ1n) is 6.78. The van der Waals surface area contributed by atoms with Crippen molar-refractivity contribution in [1.82, 2.24) is 15.2 Å². The highest BCUT2D eigenvalue weighted by Crippen LogP contribution is 2.35. The maximum Gasteiger partial charge on any atom is 0.317 e. The van der Waals surface area contributed by atoms with Crippen molar-refractivity contribution in [3.05, 3.63) is 11.6 Å². The molecule has 5 nitrogen and oxygen atoms in total. The minimum atomic E-state index is -0.296. The van der Waals surface area contributed by atoms with Crippen LogP contribution in [0.25, 0.3) is 0 Å². The molecule has 1 aliphatic rings. The van der Waals surface area contributed by atoms with E-state index in [0.29, 0.717) is 18.3 Å². The van der Waals surface area contributed by atoms with Gasteiger partial charge in [0.2, 0.25) is 0 Å². The molecule has 18 heavy (non-hydrogen) atoms. The van der Waals surface area contributed by atoms with Crippen LogP contribution in [0.4, 0.5) is 0 Å². The lowest BCUT2D eigenvalue weighted by Crippen LogP contribution is -2.26. The van der Waals surface area contributed by atoms with E-state index in [2.05, 4.69) is 15.2 Å². The highest BCUT2D eigenvalue weighted by atomic mass is 16.5. The van der Waals surface area contributed by atoms with Crippen LogP contribution in [0.15, 0.2) is 0 Å². The number of carbonyl (C=O) groups excluding carboxylic acids is 1. The van der Waals surface area contributed by atoms with Gasteiger partial charge in [0.05, 0.1) is 6.61 Å². The molecule has 100 valence electrons. The van der Waals surface area contributed by atoms with E-state index < -0.39 is 0 Å². The second kappa shape index (κ2) is 5.98. The summed E-state index contributed by atoms with van der Waals surface area (Å²) in [6.07, 6.45) is 5.77. The Balaban J connectivity index is 2.18. The summed E-state index contributed by atoms with van der Waals surface area (Å²) in [5.41, 5.74) is 0. The van der Waals surface area contributed by atoms with Gasteiger partial charge in [-0.05, 0) is 32.6 Å². The van der Waals surface area contributed by atoms with E-state index in [1.54, 1.807) is 0 Å². The number of aromatic nitrogens is 3. The third-order valence-corrected chi connectivity index (χ3v) is 3.55. The molecular weight excluding hydrogens is 230 g/mol. The molecule has 1 aliphatic carbocycles. The van der Waals surface area contributed by atoms with Crippen LogP contribution in [0.3, 0.4) is 0 Å². The number of carbonyl (C=O) groups is 1. The van der Waals surface area contributed by atoms with E-state index in [0.717, 1.165) is 18.7 Å². The van der Waals surface area contributed by atoms with Crippen molar-refractivity contribution in [2.24, 2.45) is 5.92 Å². The molecule has 0 aliphatic heterocycles. The standard InChI is InChI=1S/C13H21N3O2/c1-3-18-13(17)11(10-7-5-4-6-8-10)12-14-9(2)15-16-12/h10-11H,3-8H2,1-2H3,(H,14,15,16)/t11-/m0/s1. The summed E-state index contributed by atoms with van der Waals surface area (Å²) >= 11 is 0. The molecule has 1 heterocycles. The van der Waals surface area contributed by atoms with Gasteiger partial charge in [0.25, 0.3) is 0 Å². The Bertz CT molecular complexity index is 397. The van der Waals surface area contributed by atoms with E-state index in [4.69, 9.17) is 4.74 Å².